The quantitative estimate of drug-likeness (QED) is 0.687. The van der Waals surface area contributed by atoms with Gasteiger partial charge in [0.1, 0.15) is 24.5 Å². The Balaban J connectivity index is 1.74. The van der Waals surface area contributed by atoms with E-state index in [9.17, 15) is 5.11 Å². The summed E-state index contributed by atoms with van der Waals surface area (Å²) < 4.78 is 7.67. The minimum Gasteiger partial charge on any atom is -0.646 e. The van der Waals surface area contributed by atoms with Crippen LogP contribution in [0.5, 0.6) is 0 Å². The summed E-state index contributed by atoms with van der Waals surface area (Å²) >= 11 is 0. The maximum atomic E-state index is 12.7. The minimum absolute atomic E-state index is 0.550. The summed E-state index contributed by atoms with van der Waals surface area (Å²) in [5.41, 5.74) is 8.93. The summed E-state index contributed by atoms with van der Waals surface area (Å²) in [7, 11) is 0. The maximum Gasteiger partial charge on any atom is 0.327 e. The number of H-pyrrole nitrogens is 1. The molecule has 1 unspecified atom stereocenters. The van der Waals surface area contributed by atoms with Gasteiger partial charge in [-0.15, -0.1) is 0 Å². The van der Waals surface area contributed by atoms with Gasteiger partial charge in [0.15, 0.2) is 0 Å². The van der Waals surface area contributed by atoms with Crippen LogP contribution in [0.1, 0.15) is 32.4 Å². The van der Waals surface area contributed by atoms with E-state index in [0.717, 1.165) is 28.1 Å². The molecule has 149 valence electrons. The van der Waals surface area contributed by atoms with Crippen LogP contribution in [0.4, 0.5) is 5.82 Å². The van der Waals surface area contributed by atoms with Gasteiger partial charge in [0, 0.05) is 28.9 Å². The average molecular weight is 391 g/mol. The molecular weight excluding hydrogens is 368 g/mol. The van der Waals surface area contributed by atoms with Gasteiger partial charge in [-0.25, -0.2) is 14.5 Å². The van der Waals surface area contributed by atoms with E-state index in [0.29, 0.717) is 44.1 Å². The van der Waals surface area contributed by atoms with E-state index in [2.05, 4.69) is 14.5 Å². The zero-order valence-corrected chi connectivity index (χ0v) is 16.5. The van der Waals surface area contributed by atoms with Crippen LogP contribution in [0.25, 0.3) is 28.2 Å². The zero-order valence-electron chi connectivity index (χ0n) is 16.5. The lowest BCUT2D eigenvalue weighted by Gasteiger charge is -2.34. The van der Waals surface area contributed by atoms with Crippen molar-refractivity contribution >= 4 is 22.6 Å². The second kappa shape index (κ2) is 6.41. The van der Waals surface area contributed by atoms with Gasteiger partial charge >= 0.3 is 5.82 Å². The van der Waals surface area contributed by atoms with Gasteiger partial charge in [-0.3, -0.25) is 5.11 Å². The fourth-order valence-electron chi connectivity index (χ4n) is 4.15. The molecule has 3 aromatic rings. The molecule has 1 radical (unpaired) electrons. The number of hydrogen-bond acceptors (Lipinski definition) is 4. The molecule has 8 nitrogen and oxygen atoms in total. The molecule has 1 aliphatic carbocycles. The fraction of sp³-hybridized carbons (Fsp3) is 0.429. The number of pyridine rings is 1. The topological polar surface area (TPSA) is 110 Å². The molecule has 3 aromatic heterocycles. The third-order valence-electron chi connectivity index (χ3n) is 6.07. The number of aromatic nitrogens is 4. The molecule has 0 saturated heterocycles. The molecule has 2 aliphatic rings. The van der Waals surface area contributed by atoms with Crippen LogP contribution in [-0.2, 0) is 15.3 Å². The summed E-state index contributed by atoms with van der Waals surface area (Å²) in [4.78, 5) is 17.1. The molecule has 0 amide bonds. The lowest BCUT2D eigenvalue weighted by Crippen LogP contribution is -2.35. The van der Waals surface area contributed by atoms with Crippen LogP contribution in [-0.4, -0.2) is 55.7 Å². The van der Waals surface area contributed by atoms with Crippen LogP contribution in [0.3, 0.4) is 0 Å². The van der Waals surface area contributed by atoms with Crippen molar-refractivity contribution in [1.82, 2.24) is 19.9 Å². The summed E-state index contributed by atoms with van der Waals surface area (Å²) in [6, 6.07) is 5.74. The van der Waals surface area contributed by atoms with E-state index in [1.807, 2.05) is 31.3 Å². The minimum atomic E-state index is -1.85. The molecule has 2 N–H and O–H groups in total. The highest BCUT2D eigenvalue weighted by molar-refractivity contribution is 5.91. The summed E-state index contributed by atoms with van der Waals surface area (Å²) in [6.07, 6.45) is 4.92. The Kier molecular flexibility index (Phi) is 4.06. The largest absolute Gasteiger partial charge is 0.646 e. The van der Waals surface area contributed by atoms with E-state index in [4.69, 9.17) is 20.4 Å². The SMILES string of the molecule is CC1=[N+](c2cc(C3(C(C)([NH-])[O])CC3)nc(-c3ccnc4[nH]ccc34)n2)CCOC1. The number of ether oxygens (including phenoxy) is 1. The van der Waals surface area contributed by atoms with Crippen LogP contribution < -0.4 is 0 Å². The van der Waals surface area contributed by atoms with Crippen molar-refractivity contribution in [2.24, 2.45) is 0 Å². The molecule has 5 rings (SSSR count). The number of nitrogens with one attached hydrogen (secondary N) is 2. The summed E-state index contributed by atoms with van der Waals surface area (Å²) in [6.45, 7) is 5.32. The lowest BCUT2D eigenvalue weighted by atomic mass is 9.90. The normalized spacial score (nSPS) is 20.7. The van der Waals surface area contributed by atoms with E-state index >= 15 is 0 Å². The third-order valence-corrected chi connectivity index (χ3v) is 6.07. The lowest BCUT2D eigenvalue weighted by molar-refractivity contribution is -0.460. The van der Waals surface area contributed by atoms with E-state index in [-0.39, 0.29) is 0 Å². The molecule has 0 spiro atoms. The predicted molar refractivity (Wildman–Crippen MR) is 108 cm³/mol. The van der Waals surface area contributed by atoms with Gasteiger partial charge in [-0.1, -0.05) is 6.92 Å². The van der Waals surface area contributed by atoms with Crippen molar-refractivity contribution in [1.29, 1.82) is 0 Å². The molecule has 1 saturated carbocycles. The number of fused-ring (bicyclic) bond motifs is 1. The molecule has 29 heavy (non-hydrogen) atoms. The number of nitrogens with zero attached hydrogens (tertiary/aromatic N) is 4. The highest BCUT2D eigenvalue weighted by Crippen LogP contribution is 2.56. The Bertz CT molecular complexity index is 1120. The van der Waals surface area contributed by atoms with Crippen LogP contribution in [0.2, 0.25) is 0 Å². The zero-order chi connectivity index (χ0) is 20.2. The Morgan fingerprint density at radius 1 is 1.31 bits per heavy atom. The van der Waals surface area contributed by atoms with Gasteiger partial charge < -0.3 is 15.5 Å². The Morgan fingerprint density at radius 2 is 2.14 bits per heavy atom. The van der Waals surface area contributed by atoms with Crippen LogP contribution in [0.15, 0.2) is 30.6 Å². The monoisotopic (exact) mass is 391 g/mol. The van der Waals surface area contributed by atoms with E-state index < -0.39 is 11.1 Å². The van der Waals surface area contributed by atoms with Gasteiger partial charge in [0.05, 0.1) is 23.9 Å². The summed E-state index contributed by atoms with van der Waals surface area (Å²) in [5, 5.41) is 13.6. The Morgan fingerprint density at radius 3 is 2.86 bits per heavy atom. The van der Waals surface area contributed by atoms with Crippen molar-refractivity contribution in [2.75, 3.05) is 19.8 Å². The number of aromatic amines is 1. The molecule has 4 heterocycles. The van der Waals surface area contributed by atoms with Gasteiger partial charge in [0.2, 0.25) is 0 Å². The van der Waals surface area contributed by atoms with E-state index in [1.54, 1.807) is 6.20 Å². The smallest absolute Gasteiger partial charge is 0.327 e. The van der Waals surface area contributed by atoms with Crippen molar-refractivity contribution < 1.29 is 14.4 Å². The van der Waals surface area contributed by atoms with Crippen molar-refractivity contribution in [3.63, 3.8) is 0 Å². The highest BCUT2D eigenvalue weighted by Gasteiger charge is 2.54. The Labute approximate surface area is 168 Å². The standard InChI is InChI=1S/C21H23N6O2/c1-13-12-29-10-9-27(13)17-11-16(21(5-6-21)20(2,22)28)25-19(26-17)15-4-8-24-18-14(15)3-7-23-18/h3-4,7-8,11,22H,5-6,9-10,12H2,1-2H3,(H,23,24). The summed E-state index contributed by atoms with van der Waals surface area (Å²) in [5.74, 6) is 1.31. The molecule has 1 fully saturated rings. The molecule has 8 heteroatoms. The predicted octanol–water partition coefficient (Wildman–Crippen LogP) is 3.39. The van der Waals surface area contributed by atoms with Gasteiger partial charge in [-0.05, 0) is 36.9 Å². The van der Waals surface area contributed by atoms with E-state index in [1.165, 1.54) is 6.92 Å². The first-order chi connectivity index (χ1) is 13.9. The number of hydrogen-bond donors (Lipinski definition) is 1. The first-order valence-corrected chi connectivity index (χ1v) is 9.84. The Hall–Kier alpha value is -2.68. The highest BCUT2D eigenvalue weighted by atomic mass is 16.5. The molecule has 1 aliphatic heterocycles. The first kappa shape index (κ1) is 18.4. The van der Waals surface area contributed by atoms with Gasteiger partial charge in [0.25, 0.3) is 5.82 Å². The maximum absolute atomic E-state index is 12.7. The first-order valence-electron chi connectivity index (χ1n) is 9.84. The average Bonchev–Trinajstić information content (AvgIpc) is 3.39. The van der Waals surface area contributed by atoms with Crippen molar-refractivity contribution in [3.05, 3.63) is 42.0 Å². The number of rotatable bonds is 4. The van der Waals surface area contributed by atoms with Crippen LogP contribution in [0, 0.1) is 0 Å². The molecule has 1 atom stereocenters. The second-order valence-electron chi connectivity index (χ2n) is 8.09. The van der Waals surface area contributed by atoms with Crippen LogP contribution >= 0.6 is 0 Å². The molecule has 0 bridgehead atoms. The van der Waals surface area contributed by atoms with Gasteiger partial charge in [-0.2, -0.15) is 0 Å². The molecule has 0 aromatic carbocycles. The second-order valence-corrected chi connectivity index (χ2v) is 8.09. The fourth-order valence-corrected chi connectivity index (χ4v) is 4.15. The van der Waals surface area contributed by atoms with Crippen molar-refractivity contribution in [3.8, 4) is 11.4 Å². The van der Waals surface area contributed by atoms with Crippen molar-refractivity contribution in [2.45, 2.75) is 37.8 Å². The third kappa shape index (κ3) is 2.95. The molecular formula is C21H23N6O2.